The molecular weight excluding hydrogens is 252 g/mol. The third kappa shape index (κ3) is 5.61. The molecule has 0 unspecified atom stereocenters. The molecule has 2 heteroatoms. The second-order valence-electron chi connectivity index (χ2n) is 3.31. The fourth-order valence-electron chi connectivity index (χ4n) is 1.21. The summed E-state index contributed by atoms with van der Waals surface area (Å²) < 4.78 is 5.53. The lowest BCUT2D eigenvalue weighted by atomic mass is 10.2. The van der Waals surface area contributed by atoms with E-state index >= 15 is 0 Å². The monoisotopic (exact) mass is 266 g/mol. The van der Waals surface area contributed by atoms with E-state index in [2.05, 4.69) is 34.0 Å². The average Bonchev–Trinajstić information content (AvgIpc) is 2.29. The van der Waals surface area contributed by atoms with E-state index in [0.29, 0.717) is 6.61 Å². The first-order chi connectivity index (χ1) is 7.33. The largest absolute Gasteiger partial charge is 0.377 e. The molecule has 0 spiro atoms. The van der Waals surface area contributed by atoms with Crippen LogP contribution < -0.4 is 0 Å². The van der Waals surface area contributed by atoms with Crippen molar-refractivity contribution < 1.29 is 4.74 Å². The summed E-state index contributed by atoms with van der Waals surface area (Å²) in [6.45, 7) is 1.45. The van der Waals surface area contributed by atoms with Gasteiger partial charge in [0.25, 0.3) is 0 Å². The Labute approximate surface area is 100.0 Å². The van der Waals surface area contributed by atoms with Crippen LogP contribution in [0.15, 0.2) is 30.3 Å². The molecule has 0 aliphatic heterocycles. The molecule has 0 saturated carbocycles. The topological polar surface area (TPSA) is 9.23 Å². The highest BCUT2D eigenvalue weighted by Crippen LogP contribution is 2.07. The molecule has 0 amide bonds. The lowest BCUT2D eigenvalue weighted by Crippen LogP contribution is -1.99. The van der Waals surface area contributed by atoms with Crippen molar-refractivity contribution in [3.8, 4) is 12.3 Å². The van der Waals surface area contributed by atoms with Crippen LogP contribution in [0.5, 0.6) is 0 Å². The molecule has 0 aromatic heterocycles. The van der Waals surface area contributed by atoms with Crippen LogP contribution >= 0.6 is 15.9 Å². The van der Waals surface area contributed by atoms with Crippen LogP contribution in [-0.4, -0.2) is 11.4 Å². The van der Waals surface area contributed by atoms with Crippen molar-refractivity contribution in [1.29, 1.82) is 0 Å². The first-order valence-corrected chi connectivity index (χ1v) is 5.96. The zero-order valence-corrected chi connectivity index (χ0v) is 10.2. The van der Waals surface area contributed by atoms with Crippen molar-refractivity contribution in [2.45, 2.75) is 24.3 Å². The molecule has 1 aromatic rings. The van der Waals surface area contributed by atoms with Crippen molar-refractivity contribution >= 4 is 15.9 Å². The summed E-state index contributed by atoms with van der Waals surface area (Å²) in [4.78, 5) is 0.179. The zero-order valence-electron chi connectivity index (χ0n) is 8.66. The van der Waals surface area contributed by atoms with Gasteiger partial charge in [0, 0.05) is 6.61 Å². The number of terminal acetylenes is 1. The molecule has 0 saturated heterocycles. The Morgan fingerprint density at radius 1 is 1.33 bits per heavy atom. The van der Waals surface area contributed by atoms with E-state index in [-0.39, 0.29) is 4.83 Å². The lowest BCUT2D eigenvalue weighted by Gasteiger charge is -2.05. The molecule has 1 atom stereocenters. The van der Waals surface area contributed by atoms with Gasteiger partial charge in [-0.15, -0.1) is 6.42 Å². The Morgan fingerprint density at radius 3 is 2.73 bits per heavy atom. The Bertz CT molecular complexity index is 302. The Morgan fingerprint density at radius 2 is 2.07 bits per heavy atom. The van der Waals surface area contributed by atoms with Crippen LogP contribution in [0.3, 0.4) is 0 Å². The highest BCUT2D eigenvalue weighted by atomic mass is 79.9. The molecule has 0 heterocycles. The molecule has 0 bridgehead atoms. The first-order valence-electron chi connectivity index (χ1n) is 5.05. The van der Waals surface area contributed by atoms with Crippen molar-refractivity contribution in [1.82, 2.24) is 0 Å². The molecule has 0 N–H and O–H groups in total. The average molecular weight is 267 g/mol. The smallest absolute Gasteiger partial charge is 0.0752 e. The fraction of sp³-hybridized carbons (Fsp3) is 0.385. The van der Waals surface area contributed by atoms with E-state index in [9.17, 15) is 0 Å². The minimum Gasteiger partial charge on any atom is -0.377 e. The maximum absolute atomic E-state index is 5.53. The molecule has 1 aromatic carbocycles. The van der Waals surface area contributed by atoms with E-state index < -0.39 is 0 Å². The predicted molar refractivity (Wildman–Crippen MR) is 66.9 cm³/mol. The van der Waals surface area contributed by atoms with Crippen LogP contribution in [0.2, 0.25) is 0 Å². The maximum Gasteiger partial charge on any atom is 0.0752 e. The summed E-state index contributed by atoms with van der Waals surface area (Å²) >= 11 is 3.38. The van der Waals surface area contributed by atoms with E-state index in [0.717, 1.165) is 19.4 Å². The number of rotatable bonds is 6. The van der Waals surface area contributed by atoms with Gasteiger partial charge in [-0.1, -0.05) is 52.2 Å². The van der Waals surface area contributed by atoms with Crippen LogP contribution in [0.1, 0.15) is 18.4 Å². The summed E-state index contributed by atoms with van der Waals surface area (Å²) in [6.07, 6.45) is 7.20. The molecule has 1 nitrogen and oxygen atoms in total. The summed E-state index contributed by atoms with van der Waals surface area (Å²) in [5.41, 5.74) is 1.21. The van der Waals surface area contributed by atoms with Crippen LogP contribution in [0.25, 0.3) is 0 Å². The van der Waals surface area contributed by atoms with E-state index in [4.69, 9.17) is 11.2 Å². The van der Waals surface area contributed by atoms with Crippen LogP contribution in [0, 0.1) is 12.3 Å². The highest BCUT2D eigenvalue weighted by Gasteiger charge is 1.98. The summed E-state index contributed by atoms with van der Waals surface area (Å²) in [7, 11) is 0. The molecule has 0 aliphatic rings. The summed E-state index contributed by atoms with van der Waals surface area (Å²) in [5.74, 6) is 2.63. The molecule has 1 rings (SSSR count). The number of hydrogen-bond donors (Lipinski definition) is 0. The van der Waals surface area contributed by atoms with Gasteiger partial charge in [0.15, 0.2) is 0 Å². The first kappa shape index (κ1) is 12.3. The van der Waals surface area contributed by atoms with Gasteiger partial charge < -0.3 is 4.74 Å². The minimum atomic E-state index is 0.179. The SMILES string of the molecule is C#C[C@@H](Br)CCCOCc1ccccc1. The standard InChI is InChI=1S/C13H15BrO/c1-2-13(14)9-6-10-15-11-12-7-4-3-5-8-12/h1,3-5,7-8,13H,6,9-11H2/t13-/m1/s1. The number of halogens is 1. The van der Waals surface area contributed by atoms with Gasteiger partial charge in [-0.3, -0.25) is 0 Å². The molecule has 0 fully saturated rings. The van der Waals surface area contributed by atoms with Crippen molar-refractivity contribution in [2.75, 3.05) is 6.61 Å². The van der Waals surface area contributed by atoms with Crippen LogP contribution in [-0.2, 0) is 11.3 Å². The number of benzene rings is 1. The second kappa shape index (κ2) is 7.50. The van der Waals surface area contributed by atoms with E-state index in [1.165, 1.54) is 5.56 Å². The Hall–Kier alpha value is -0.780. The van der Waals surface area contributed by atoms with Gasteiger partial charge in [0.05, 0.1) is 11.4 Å². The van der Waals surface area contributed by atoms with Gasteiger partial charge in [-0.05, 0) is 18.4 Å². The van der Waals surface area contributed by atoms with E-state index in [1.54, 1.807) is 0 Å². The number of alkyl halides is 1. The fourth-order valence-corrected chi connectivity index (χ4v) is 1.54. The third-order valence-corrected chi connectivity index (χ3v) is 2.76. The quantitative estimate of drug-likeness (QED) is 0.436. The van der Waals surface area contributed by atoms with Crippen LogP contribution in [0.4, 0.5) is 0 Å². The minimum absolute atomic E-state index is 0.179. The van der Waals surface area contributed by atoms with Gasteiger partial charge in [-0.2, -0.15) is 0 Å². The predicted octanol–water partition coefficient (Wildman–Crippen LogP) is 3.38. The highest BCUT2D eigenvalue weighted by molar-refractivity contribution is 9.09. The molecular formula is C13H15BrO. The van der Waals surface area contributed by atoms with Gasteiger partial charge in [-0.25, -0.2) is 0 Å². The zero-order chi connectivity index (χ0) is 10.9. The van der Waals surface area contributed by atoms with Crippen molar-refractivity contribution in [2.24, 2.45) is 0 Å². The second-order valence-corrected chi connectivity index (χ2v) is 4.42. The summed E-state index contributed by atoms with van der Waals surface area (Å²) in [5, 5.41) is 0. The molecule has 0 radical (unpaired) electrons. The maximum atomic E-state index is 5.53. The third-order valence-electron chi connectivity index (χ3n) is 2.04. The molecule has 80 valence electrons. The van der Waals surface area contributed by atoms with E-state index in [1.807, 2.05) is 18.2 Å². The normalized spacial score (nSPS) is 12.0. The van der Waals surface area contributed by atoms with Gasteiger partial charge >= 0.3 is 0 Å². The Balaban J connectivity index is 2.06. The van der Waals surface area contributed by atoms with Crippen molar-refractivity contribution in [3.63, 3.8) is 0 Å². The van der Waals surface area contributed by atoms with Crippen molar-refractivity contribution in [3.05, 3.63) is 35.9 Å². The Kier molecular flexibility index (Phi) is 6.15. The number of hydrogen-bond acceptors (Lipinski definition) is 1. The molecule has 0 aliphatic carbocycles. The molecule has 15 heavy (non-hydrogen) atoms. The summed E-state index contributed by atoms with van der Waals surface area (Å²) in [6, 6.07) is 10.2. The van der Waals surface area contributed by atoms with Gasteiger partial charge in [0.2, 0.25) is 0 Å². The van der Waals surface area contributed by atoms with Gasteiger partial charge in [0.1, 0.15) is 0 Å². The number of ether oxygens (including phenoxy) is 1. The lowest BCUT2D eigenvalue weighted by molar-refractivity contribution is 0.118.